The van der Waals surface area contributed by atoms with Crippen molar-refractivity contribution in [2.24, 2.45) is 0 Å². The highest BCUT2D eigenvalue weighted by Crippen LogP contribution is 2.22. The lowest BCUT2D eigenvalue weighted by atomic mass is 10.2. The van der Waals surface area contributed by atoms with Crippen LogP contribution in [0.25, 0.3) is 0 Å². The molecule has 0 aliphatic carbocycles. The van der Waals surface area contributed by atoms with Gasteiger partial charge in [-0.3, -0.25) is 14.9 Å². The molecule has 1 unspecified atom stereocenters. The molecule has 1 aromatic heterocycles. The molecule has 0 radical (unpaired) electrons. The van der Waals surface area contributed by atoms with Gasteiger partial charge in [-0.25, -0.2) is 4.79 Å². The third kappa shape index (κ3) is 4.07. The van der Waals surface area contributed by atoms with Gasteiger partial charge in [0.15, 0.2) is 6.10 Å². The minimum absolute atomic E-state index is 0.00100. The highest BCUT2D eigenvalue weighted by molar-refractivity contribution is 6.30. The number of nitrogens with zero attached hydrogens (tertiary/aromatic N) is 1. The monoisotopic (exact) mass is 355 g/mol. The van der Waals surface area contributed by atoms with Crippen molar-refractivity contribution in [2.75, 3.05) is 5.32 Å². The zero-order chi connectivity index (χ0) is 17.9. The summed E-state index contributed by atoms with van der Waals surface area (Å²) in [6, 6.07) is 4.20. The summed E-state index contributed by atoms with van der Waals surface area (Å²) in [5.74, 6) is -2.56. The number of rotatable bonds is 5. The lowest BCUT2D eigenvalue weighted by molar-refractivity contribution is -0.387. The van der Waals surface area contributed by atoms with Crippen LogP contribution in [0.2, 0.25) is 5.02 Å². The van der Waals surface area contributed by atoms with E-state index >= 15 is 0 Å². The number of amides is 1. The Morgan fingerprint density at radius 1 is 1.42 bits per heavy atom. The lowest BCUT2D eigenvalue weighted by Crippen LogP contribution is -2.30. The van der Waals surface area contributed by atoms with E-state index in [1.807, 2.05) is 0 Å². The zero-order valence-corrected chi connectivity index (χ0v) is 13.0. The smallest absolute Gasteiger partial charge is 0.355 e. The normalized spacial score (nSPS) is 11.6. The minimum atomic E-state index is -1.19. The topological polar surface area (TPSA) is 114 Å². The van der Waals surface area contributed by atoms with Gasteiger partial charge in [-0.05, 0) is 25.1 Å². The maximum Gasteiger partial charge on any atom is 0.355 e. The first-order valence-electron chi connectivity index (χ1n) is 6.57. The number of aromatic nitrogens is 1. The van der Waals surface area contributed by atoms with Crippen molar-refractivity contribution in [3.05, 3.63) is 57.1 Å². The van der Waals surface area contributed by atoms with Crippen LogP contribution >= 0.6 is 11.6 Å². The van der Waals surface area contributed by atoms with Crippen LogP contribution in [0, 0.1) is 15.9 Å². The Balaban J connectivity index is 2.02. The van der Waals surface area contributed by atoms with Gasteiger partial charge in [-0.1, -0.05) is 11.6 Å². The van der Waals surface area contributed by atoms with E-state index in [2.05, 4.69) is 10.3 Å². The number of nitrogens with one attached hydrogen (secondary N) is 2. The third-order valence-corrected chi connectivity index (χ3v) is 3.15. The van der Waals surface area contributed by atoms with Crippen molar-refractivity contribution in [2.45, 2.75) is 13.0 Å². The molecule has 2 N–H and O–H groups in total. The Labute approximate surface area is 139 Å². The van der Waals surface area contributed by atoms with Crippen LogP contribution in [-0.4, -0.2) is 27.9 Å². The molecule has 2 rings (SSSR count). The molecule has 0 saturated heterocycles. The second-order valence-corrected chi connectivity index (χ2v) is 5.13. The first kappa shape index (κ1) is 17.4. The predicted molar refractivity (Wildman–Crippen MR) is 82.4 cm³/mol. The highest BCUT2D eigenvalue weighted by atomic mass is 35.5. The fourth-order valence-corrected chi connectivity index (χ4v) is 1.90. The Morgan fingerprint density at radius 3 is 2.71 bits per heavy atom. The van der Waals surface area contributed by atoms with E-state index in [9.17, 15) is 24.1 Å². The van der Waals surface area contributed by atoms with Gasteiger partial charge in [0.05, 0.1) is 9.95 Å². The molecule has 0 fully saturated rings. The van der Waals surface area contributed by atoms with Crippen LogP contribution < -0.4 is 5.32 Å². The van der Waals surface area contributed by atoms with Crippen LogP contribution in [0.3, 0.4) is 0 Å². The molecule has 1 heterocycles. The van der Waals surface area contributed by atoms with Crippen LogP contribution in [0.15, 0.2) is 30.5 Å². The van der Waals surface area contributed by atoms with Gasteiger partial charge in [0.1, 0.15) is 5.69 Å². The van der Waals surface area contributed by atoms with Gasteiger partial charge < -0.3 is 15.0 Å². The van der Waals surface area contributed by atoms with Gasteiger partial charge >= 0.3 is 11.7 Å². The Morgan fingerprint density at radius 2 is 2.12 bits per heavy atom. The highest BCUT2D eigenvalue weighted by Gasteiger charge is 2.21. The van der Waals surface area contributed by atoms with E-state index in [-0.39, 0.29) is 11.4 Å². The molecule has 0 spiro atoms. The predicted octanol–water partition coefficient (Wildman–Crippen LogP) is 2.90. The van der Waals surface area contributed by atoms with Crippen molar-refractivity contribution >= 4 is 34.9 Å². The van der Waals surface area contributed by atoms with E-state index in [0.29, 0.717) is 5.02 Å². The first-order chi connectivity index (χ1) is 11.3. The summed E-state index contributed by atoms with van der Waals surface area (Å²) in [4.78, 5) is 36.1. The number of nitro benzene ring substituents is 1. The van der Waals surface area contributed by atoms with E-state index < -0.39 is 34.4 Å². The van der Waals surface area contributed by atoms with Gasteiger partial charge in [0.2, 0.25) is 5.82 Å². The van der Waals surface area contributed by atoms with E-state index in [1.54, 1.807) is 0 Å². The summed E-state index contributed by atoms with van der Waals surface area (Å²) >= 11 is 5.66. The lowest BCUT2D eigenvalue weighted by Gasteiger charge is -2.13. The Kier molecular flexibility index (Phi) is 5.14. The summed E-state index contributed by atoms with van der Waals surface area (Å²) in [5, 5.41) is 13.3. The van der Waals surface area contributed by atoms with Crippen LogP contribution in [-0.2, 0) is 9.53 Å². The minimum Gasteiger partial charge on any atom is -0.448 e. The number of carbonyl (C=O) groups excluding carboxylic acids is 2. The van der Waals surface area contributed by atoms with Crippen molar-refractivity contribution in [1.82, 2.24) is 4.98 Å². The number of aromatic amines is 1. The van der Waals surface area contributed by atoms with Gasteiger partial charge in [0, 0.05) is 18.0 Å². The number of hydrogen-bond donors (Lipinski definition) is 2. The van der Waals surface area contributed by atoms with E-state index in [4.69, 9.17) is 16.3 Å². The number of carbonyl (C=O) groups is 2. The van der Waals surface area contributed by atoms with Crippen molar-refractivity contribution in [3.63, 3.8) is 0 Å². The standard InChI is InChI=1S/C14H11ClFN3O5/c1-7(24-14(21)11-4-8(15)6-17-11)13(20)18-9-2-3-10(16)12(5-9)19(22)23/h2-7,17H,1H3,(H,18,20). The van der Waals surface area contributed by atoms with E-state index in [1.165, 1.54) is 19.2 Å². The van der Waals surface area contributed by atoms with Crippen LogP contribution in [0.5, 0.6) is 0 Å². The average molecular weight is 356 g/mol. The Bertz CT molecular complexity index is 807. The molecule has 2 aromatic rings. The molecular formula is C14H11ClFN3O5. The molecule has 0 saturated carbocycles. The quantitative estimate of drug-likeness (QED) is 0.486. The second kappa shape index (κ2) is 7.09. The molecular weight excluding hydrogens is 345 g/mol. The summed E-state index contributed by atoms with van der Waals surface area (Å²) in [6.07, 6.45) is 0.184. The maximum absolute atomic E-state index is 13.2. The molecule has 10 heteroatoms. The summed E-state index contributed by atoms with van der Waals surface area (Å²) in [6.45, 7) is 1.32. The number of hydrogen-bond acceptors (Lipinski definition) is 5. The fourth-order valence-electron chi connectivity index (χ4n) is 1.74. The van der Waals surface area contributed by atoms with Crippen LogP contribution in [0.4, 0.5) is 15.8 Å². The number of esters is 1. The molecule has 0 aliphatic heterocycles. The molecule has 1 amide bonds. The number of nitro groups is 1. The SMILES string of the molecule is CC(OC(=O)c1cc(Cl)c[nH]1)C(=O)Nc1ccc(F)c([N+](=O)[O-])c1. The molecule has 1 aromatic carbocycles. The summed E-state index contributed by atoms with van der Waals surface area (Å²) in [5.41, 5.74) is -0.713. The van der Waals surface area contributed by atoms with Gasteiger partial charge in [-0.15, -0.1) is 0 Å². The fraction of sp³-hybridized carbons (Fsp3) is 0.143. The van der Waals surface area contributed by atoms with Crippen LogP contribution in [0.1, 0.15) is 17.4 Å². The Hall–Kier alpha value is -2.94. The molecule has 0 bridgehead atoms. The van der Waals surface area contributed by atoms with Gasteiger partial charge in [0.25, 0.3) is 5.91 Å². The molecule has 24 heavy (non-hydrogen) atoms. The molecule has 126 valence electrons. The van der Waals surface area contributed by atoms with E-state index in [0.717, 1.165) is 18.2 Å². The number of ether oxygens (including phenoxy) is 1. The van der Waals surface area contributed by atoms with Crippen molar-refractivity contribution in [3.8, 4) is 0 Å². The number of anilines is 1. The van der Waals surface area contributed by atoms with Gasteiger partial charge in [-0.2, -0.15) is 4.39 Å². The third-order valence-electron chi connectivity index (χ3n) is 2.93. The number of H-pyrrole nitrogens is 1. The number of benzene rings is 1. The largest absolute Gasteiger partial charge is 0.448 e. The molecule has 1 atom stereocenters. The summed E-state index contributed by atoms with van der Waals surface area (Å²) < 4.78 is 18.2. The zero-order valence-electron chi connectivity index (χ0n) is 12.2. The average Bonchev–Trinajstić information content (AvgIpc) is 2.95. The van der Waals surface area contributed by atoms with Crippen molar-refractivity contribution < 1.29 is 23.6 Å². The molecule has 8 nitrogen and oxygen atoms in total. The first-order valence-corrected chi connectivity index (χ1v) is 6.95. The van der Waals surface area contributed by atoms with Crippen molar-refractivity contribution in [1.29, 1.82) is 0 Å². The molecule has 0 aliphatic rings. The number of halogens is 2. The maximum atomic E-state index is 13.2. The summed E-state index contributed by atoms with van der Waals surface area (Å²) in [7, 11) is 0. The second-order valence-electron chi connectivity index (χ2n) is 4.69.